The van der Waals surface area contributed by atoms with Gasteiger partial charge in [-0.25, -0.2) is 0 Å². The van der Waals surface area contributed by atoms with Gasteiger partial charge in [-0.2, -0.15) is 0 Å². The first-order valence-electron chi connectivity index (χ1n) is 7.42. The van der Waals surface area contributed by atoms with Crippen molar-refractivity contribution in [2.45, 2.75) is 44.6 Å². The van der Waals surface area contributed by atoms with Crippen LogP contribution in [0.15, 0.2) is 0 Å². The third-order valence-corrected chi connectivity index (χ3v) is 4.74. The maximum absolute atomic E-state index is 5.73. The van der Waals surface area contributed by atoms with Crippen LogP contribution in [0.5, 0.6) is 0 Å². The maximum Gasteiger partial charge on any atom is 0.0104 e. The zero-order valence-electron chi connectivity index (χ0n) is 11.4. The van der Waals surface area contributed by atoms with Crippen molar-refractivity contribution in [3.8, 4) is 0 Å². The fourth-order valence-electron chi connectivity index (χ4n) is 3.29. The summed E-state index contributed by atoms with van der Waals surface area (Å²) in [6, 6.07) is 0.844. The Hall–Kier alpha value is -0.120. The molecule has 2 aliphatic heterocycles. The van der Waals surface area contributed by atoms with Crippen LogP contribution < -0.4 is 5.73 Å². The first kappa shape index (κ1) is 13.3. The van der Waals surface area contributed by atoms with Gasteiger partial charge in [0.05, 0.1) is 0 Å². The van der Waals surface area contributed by atoms with Crippen molar-refractivity contribution in [2.24, 2.45) is 11.7 Å². The highest BCUT2D eigenvalue weighted by molar-refractivity contribution is 4.78. The van der Waals surface area contributed by atoms with E-state index in [2.05, 4.69) is 16.8 Å². The summed E-state index contributed by atoms with van der Waals surface area (Å²) in [6.07, 6.45) is 8.24. The van der Waals surface area contributed by atoms with Crippen LogP contribution in [0.2, 0.25) is 0 Å². The smallest absolute Gasteiger partial charge is 0.0104 e. The van der Waals surface area contributed by atoms with E-state index in [1.807, 2.05) is 0 Å². The minimum absolute atomic E-state index is 0.795. The minimum atomic E-state index is 0.795. The van der Waals surface area contributed by atoms with Crippen molar-refractivity contribution < 1.29 is 0 Å². The Morgan fingerprint density at radius 2 is 1.82 bits per heavy atom. The molecule has 17 heavy (non-hydrogen) atoms. The minimum Gasteiger partial charge on any atom is -0.330 e. The van der Waals surface area contributed by atoms with Gasteiger partial charge < -0.3 is 15.5 Å². The summed E-state index contributed by atoms with van der Waals surface area (Å²) in [5.74, 6) is 0.795. The van der Waals surface area contributed by atoms with E-state index in [0.717, 1.165) is 18.5 Å². The molecule has 0 spiro atoms. The monoisotopic (exact) mass is 239 g/mol. The van der Waals surface area contributed by atoms with Gasteiger partial charge in [-0.15, -0.1) is 0 Å². The number of likely N-dealkylation sites (tertiary alicyclic amines) is 2. The molecule has 1 unspecified atom stereocenters. The van der Waals surface area contributed by atoms with Gasteiger partial charge in [0, 0.05) is 6.04 Å². The normalized spacial score (nSPS) is 29.6. The van der Waals surface area contributed by atoms with E-state index in [1.54, 1.807) is 0 Å². The van der Waals surface area contributed by atoms with E-state index in [-0.39, 0.29) is 0 Å². The van der Waals surface area contributed by atoms with Gasteiger partial charge in [0.2, 0.25) is 0 Å². The van der Waals surface area contributed by atoms with Crippen molar-refractivity contribution in [1.29, 1.82) is 0 Å². The van der Waals surface area contributed by atoms with Crippen LogP contribution in [0.25, 0.3) is 0 Å². The second-order valence-electron chi connectivity index (χ2n) is 5.94. The maximum atomic E-state index is 5.73. The number of hydrogen-bond acceptors (Lipinski definition) is 3. The second kappa shape index (κ2) is 6.72. The van der Waals surface area contributed by atoms with Gasteiger partial charge in [-0.3, -0.25) is 0 Å². The number of nitrogens with zero attached hydrogens (tertiary/aromatic N) is 2. The zero-order valence-corrected chi connectivity index (χ0v) is 11.4. The standard InChI is InChI=1S/C14H29N3/c1-16-8-3-2-4-14(16)7-11-17-9-5-13(12-15)6-10-17/h13-14H,2-12,15H2,1H3. The molecule has 0 aromatic heterocycles. The summed E-state index contributed by atoms with van der Waals surface area (Å²) in [5, 5.41) is 0. The van der Waals surface area contributed by atoms with E-state index in [4.69, 9.17) is 5.73 Å². The van der Waals surface area contributed by atoms with E-state index >= 15 is 0 Å². The van der Waals surface area contributed by atoms with E-state index in [9.17, 15) is 0 Å². The highest BCUT2D eigenvalue weighted by atomic mass is 15.2. The fraction of sp³-hybridized carbons (Fsp3) is 1.00. The molecule has 3 heteroatoms. The Kier molecular flexibility index (Phi) is 5.26. The molecule has 2 rings (SSSR count). The predicted octanol–water partition coefficient (Wildman–Crippen LogP) is 1.53. The quantitative estimate of drug-likeness (QED) is 0.807. The average molecular weight is 239 g/mol. The molecular weight excluding hydrogens is 210 g/mol. The van der Waals surface area contributed by atoms with Gasteiger partial charge >= 0.3 is 0 Å². The van der Waals surface area contributed by atoms with E-state index < -0.39 is 0 Å². The zero-order chi connectivity index (χ0) is 12.1. The first-order valence-corrected chi connectivity index (χ1v) is 7.42. The van der Waals surface area contributed by atoms with Gasteiger partial charge in [-0.1, -0.05) is 6.42 Å². The van der Waals surface area contributed by atoms with Crippen LogP contribution in [0.3, 0.4) is 0 Å². The number of nitrogens with two attached hydrogens (primary N) is 1. The van der Waals surface area contributed by atoms with Crippen LogP contribution in [-0.2, 0) is 0 Å². The summed E-state index contributed by atoms with van der Waals surface area (Å²) < 4.78 is 0. The molecule has 2 aliphatic rings. The summed E-state index contributed by atoms with van der Waals surface area (Å²) in [6.45, 7) is 6.04. The van der Waals surface area contributed by atoms with E-state index in [0.29, 0.717) is 0 Å². The van der Waals surface area contributed by atoms with Crippen LogP contribution in [0, 0.1) is 5.92 Å². The van der Waals surface area contributed by atoms with Crippen LogP contribution >= 0.6 is 0 Å². The summed E-state index contributed by atoms with van der Waals surface area (Å²) >= 11 is 0. The Morgan fingerprint density at radius 1 is 1.06 bits per heavy atom. The molecule has 0 radical (unpaired) electrons. The Bertz CT molecular complexity index is 212. The molecule has 2 heterocycles. The fourth-order valence-corrected chi connectivity index (χ4v) is 3.29. The molecule has 2 N–H and O–H groups in total. The molecule has 0 aliphatic carbocycles. The van der Waals surface area contributed by atoms with Crippen molar-refractivity contribution in [1.82, 2.24) is 9.80 Å². The van der Waals surface area contributed by atoms with E-state index in [1.165, 1.54) is 64.7 Å². The molecule has 0 amide bonds. The van der Waals surface area contributed by atoms with Crippen LogP contribution in [0.4, 0.5) is 0 Å². The SMILES string of the molecule is CN1CCCCC1CCN1CCC(CN)CC1. The lowest BCUT2D eigenvalue weighted by molar-refractivity contribution is 0.135. The van der Waals surface area contributed by atoms with Crippen LogP contribution in [0.1, 0.15) is 38.5 Å². The molecular formula is C14H29N3. The van der Waals surface area contributed by atoms with Gasteiger partial charge in [0.1, 0.15) is 0 Å². The molecule has 0 saturated carbocycles. The summed E-state index contributed by atoms with van der Waals surface area (Å²) in [4.78, 5) is 5.21. The van der Waals surface area contributed by atoms with Crippen molar-refractivity contribution in [3.05, 3.63) is 0 Å². The lowest BCUT2D eigenvalue weighted by atomic mass is 9.96. The largest absolute Gasteiger partial charge is 0.330 e. The van der Waals surface area contributed by atoms with Gasteiger partial charge in [0.15, 0.2) is 0 Å². The Labute approximate surface area is 106 Å². The molecule has 0 aromatic carbocycles. The van der Waals surface area contributed by atoms with Gasteiger partial charge in [0.25, 0.3) is 0 Å². The summed E-state index contributed by atoms with van der Waals surface area (Å²) in [7, 11) is 2.30. The van der Waals surface area contributed by atoms with Crippen LogP contribution in [-0.4, -0.2) is 55.6 Å². The lowest BCUT2D eigenvalue weighted by Gasteiger charge is -2.36. The lowest BCUT2D eigenvalue weighted by Crippen LogP contribution is -2.41. The third-order valence-electron chi connectivity index (χ3n) is 4.74. The number of hydrogen-bond donors (Lipinski definition) is 1. The number of piperidine rings is 2. The highest BCUT2D eigenvalue weighted by Gasteiger charge is 2.22. The Balaban J connectivity index is 1.65. The topological polar surface area (TPSA) is 32.5 Å². The van der Waals surface area contributed by atoms with Crippen molar-refractivity contribution >= 4 is 0 Å². The average Bonchev–Trinajstić information content (AvgIpc) is 2.38. The molecule has 0 bridgehead atoms. The highest BCUT2D eigenvalue weighted by Crippen LogP contribution is 2.20. The molecule has 0 aromatic rings. The summed E-state index contributed by atoms with van der Waals surface area (Å²) in [5.41, 5.74) is 5.73. The molecule has 3 nitrogen and oxygen atoms in total. The van der Waals surface area contributed by atoms with Crippen molar-refractivity contribution in [2.75, 3.05) is 39.8 Å². The predicted molar refractivity (Wildman–Crippen MR) is 73.1 cm³/mol. The van der Waals surface area contributed by atoms with Crippen molar-refractivity contribution in [3.63, 3.8) is 0 Å². The molecule has 1 atom stereocenters. The van der Waals surface area contributed by atoms with Gasteiger partial charge in [-0.05, 0) is 77.8 Å². The second-order valence-corrected chi connectivity index (χ2v) is 5.94. The number of rotatable bonds is 4. The third kappa shape index (κ3) is 3.94. The molecule has 2 fully saturated rings. The Morgan fingerprint density at radius 3 is 2.47 bits per heavy atom. The first-order chi connectivity index (χ1) is 8.29. The molecule has 100 valence electrons. The molecule has 2 saturated heterocycles.